The van der Waals surface area contributed by atoms with Crippen LogP contribution in [-0.2, 0) is 0 Å². The van der Waals surface area contributed by atoms with Crippen LogP contribution in [0.4, 0.5) is 17.1 Å². The first kappa shape index (κ1) is 19.6. The number of carbonyl (C=O) groups is 1. The highest BCUT2D eigenvalue weighted by atomic mass is 16.6. The van der Waals surface area contributed by atoms with Crippen LogP contribution in [0.15, 0.2) is 95.0 Å². The summed E-state index contributed by atoms with van der Waals surface area (Å²) in [6.07, 6.45) is 0. The van der Waals surface area contributed by atoms with Crippen molar-refractivity contribution in [3.63, 3.8) is 0 Å². The van der Waals surface area contributed by atoms with E-state index in [9.17, 15) is 14.9 Å². The highest BCUT2D eigenvalue weighted by Crippen LogP contribution is 2.16. The summed E-state index contributed by atoms with van der Waals surface area (Å²) in [7, 11) is 0. The minimum absolute atomic E-state index is 0.0260. The van der Waals surface area contributed by atoms with Crippen LogP contribution < -0.4 is 5.43 Å². The van der Waals surface area contributed by atoms with Gasteiger partial charge in [-0.2, -0.15) is 5.10 Å². The molecule has 1 N–H and O–H groups in total. The molecule has 0 spiro atoms. The van der Waals surface area contributed by atoms with Crippen LogP contribution in [-0.4, -0.2) is 22.1 Å². The summed E-state index contributed by atoms with van der Waals surface area (Å²) in [5.74, 6) is -0.280. The van der Waals surface area contributed by atoms with E-state index < -0.39 is 4.92 Å². The molecule has 0 atom stereocenters. The molecule has 0 aliphatic rings. The van der Waals surface area contributed by atoms with Gasteiger partial charge < -0.3 is 0 Å². The lowest BCUT2D eigenvalue weighted by Crippen LogP contribution is -2.23. The Bertz CT molecular complexity index is 1060. The quantitative estimate of drug-likeness (QED) is 0.266. The van der Waals surface area contributed by atoms with Gasteiger partial charge >= 0.3 is 0 Å². The van der Waals surface area contributed by atoms with Crippen molar-refractivity contribution in [3.05, 3.63) is 101 Å². The predicted molar refractivity (Wildman–Crippen MR) is 114 cm³/mol. The highest BCUT2D eigenvalue weighted by molar-refractivity contribution is 6.70. The largest absolute Gasteiger partial charge is 0.287 e. The molecule has 3 aromatic rings. The average Bonchev–Trinajstić information content (AvgIpc) is 2.75. The Morgan fingerprint density at radius 3 is 2.07 bits per heavy atom. The van der Waals surface area contributed by atoms with Crippen LogP contribution in [0.3, 0.4) is 0 Å². The molecule has 7 heteroatoms. The fourth-order valence-corrected chi connectivity index (χ4v) is 2.55. The lowest BCUT2D eigenvalue weighted by atomic mass is 10.0. The number of nitrogens with zero attached hydrogens (tertiary/aromatic N) is 3. The summed E-state index contributed by atoms with van der Waals surface area (Å²) in [5, 5.41) is 15.0. The highest BCUT2D eigenvalue weighted by Gasteiger charge is 2.17. The van der Waals surface area contributed by atoms with E-state index in [1.165, 1.54) is 24.3 Å². The van der Waals surface area contributed by atoms with Gasteiger partial charge in [-0.25, -0.2) is 0 Å². The number of benzene rings is 3. The molecule has 0 heterocycles. The number of Topliss-reactive ketones (excluding diaryl/α,β-unsaturated/α-hetero) is 1. The van der Waals surface area contributed by atoms with Crippen molar-refractivity contribution in [3.8, 4) is 0 Å². The third kappa shape index (κ3) is 5.20. The van der Waals surface area contributed by atoms with Crippen molar-refractivity contribution in [1.29, 1.82) is 0 Å². The zero-order valence-electron chi connectivity index (χ0n) is 15.6. The normalized spacial score (nSPS) is 11.8. The monoisotopic (exact) mass is 386 g/mol. The molecule has 7 nitrogen and oxygen atoms in total. The molecule has 0 aromatic heterocycles. The smallest absolute Gasteiger partial charge is 0.269 e. The van der Waals surface area contributed by atoms with Gasteiger partial charge in [0.05, 0.1) is 22.0 Å². The summed E-state index contributed by atoms with van der Waals surface area (Å²) >= 11 is 0. The third-order valence-electron chi connectivity index (χ3n) is 4.02. The Morgan fingerprint density at radius 1 is 0.897 bits per heavy atom. The Morgan fingerprint density at radius 2 is 1.48 bits per heavy atom. The maximum Gasteiger partial charge on any atom is 0.269 e. The molecule has 144 valence electrons. The molecule has 0 bridgehead atoms. The number of ketones is 1. The van der Waals surface area contributed by atoms with Crippen LogP contribution in [0.5, 0.6) is 0 Å². The van der Waals surface area contributed by atoms with Gasteiger partial charge in [-0.15, -0.1) is 0 Å². The van der Waals surface area contributed by atoms with Crippen molar-refractivity contribution in [2.75, 3.05) is 5.43 Å². The van der Waals surface area contributed by atoms with Crippen LogP contribution in [0.25, 0.3) is 0 Å². The average molecular weight is 386 g/mol. The molecular weight excluding hydrogens is 368 g/mol. The minimum atomic E-state index is -0.478. The van der Waals surface area contributed by atoms with Gasteiger partial charge in [-0.1, -0.05) is 48.5 Å². The van der Waals surface area contributed by atoms with E-state index >= 15 is 0 Å². The van der Waals surface area contributed by atoms with Gasteiger partial charge in [0.15, 0.2) is 5.71 Å². The van der Waals surface area contributed by atoms with Gasteiger partial charge in [-0.3, -0.25) is 25.3 Å². The van der Waals surface area contributed by atoms with Crippen LogP contribution in [0, 0.1) is 10.1 Å². The first-order valence-electron chi connectivity index (χ1n) is 8.83. The fourth-order valence-electron chi connectivity index (χ4n) is 2.55. The summed E-state index contributed by atoms with van der Waals surface area (Å²) in [4.78, 5) is 27.8. The molecule has 3 rings (SSSR count). The Hall–Kier alpha value is -4.13. The topological polar surface area (TPSA) is 97.0 Å². The second-order valence-corrected chi connectivity index (χ2v) is 6.10. The molecule has 29 heavy (non-hydrogen) atoms. The summed E-state index contributed by atoms with van der Waals surface area (Å²) in [6.45, 7) is 1.71. The maximum absolute atomic E-state index is 13.0. The number of hydrogen-bond acceptors (Lipinski definition) is 6. The SMILES string of the molecule is CC(=Nc1ccccc1)/C(=N\Nc1ccc([N+](=O)[O-])cc1)C(=O)c1ccccc1. The molecule has 0 amide bonds. The number of para-hydroxylation sites is 1. The summed E-state index contributed by atoms with van der Waals surface area (Å²) in [6, 6.07) is 23.8. The molecule has 0 fully saturated rings. The zero-order chi connectivity index (χ0) is 20.6. The lowest BCUT2D eigenvalue weighted by Gasteiger charge is -2.08. The van der Waals surface area contributed by atoms with Crippen molar-refractivity contribution in [1.82, 2.24) is 0 Å². The third-order valence-corrected chi connectivity index (χ3v) is 4.02. The number of carbonyl (C=O) groups excluding carboxylic acids is 1. The number of hydrazone groups is 1. The number of non-ortho nitro benzene ring substituents is 1. The first-order chi connectivity index (χ1) is 14.0. The van der Waals surface area contributed by atoms with Crippen LogP contribution in [0.1, 0.15) is 17.3 Å². The minimum Gasteiger partial charge on any atom is -0.287 e. The molecule has 0 aliphatic heterocycles. The number of nitro groups is 1. The molecule has 3 aromatic carbocycles. The van der Waals surface area contributed by atoms with Gasteiger partial charge in [0.1, 0.15) is 0 Å². The molecule has 0 aliphatic carbocycles. The predicted octanol–water partition coefficient (Wildman–Crippen LogP) is 5.04. The van der Waals surface area contributed by atoms with Gasteiger partial charge in [0.25, 0.3) is 5.69 Å². The van der Waals surface area contributed by atoms with E-state index in [1.54, 1.807) is 31.2 Å². The second kappa shape index (κ2) is 9.18. The number of rotatable bonds is 7. The van der Waals surface area contributed by atoms with E-state index in [0.29, 0.717) is 22.6 Å². The Labute approximate surface area is 167 Å². The van der Waals surface area contributed by atoms with Crippen molar-refractivity contribution >= 4 is 34.3 Å². The van der Waals surface area contributed by atoms with E-state index in [2.05, 4.69) is 15.5 Å². The lowest BCUT2D eigenvalue weighted by molar-refractivity contribution is -0.384. The summed E-state index contributed by atoms with van der Waals surface area (Å²) < 4.78 is 0. The standard InChI is InChI=1S/C22H18N4O3/c1-16(23-18-10-6-3-7-11-18)21(22(27)17-8-4-2-5-9-17)25-24-19-12-14-20(15-13-19)26(28)29/h2-15,24H,1H3/b23-16?,25-21+. The number of aliphatic imine (C=N–C) groups is 1. The van der Waals surface area contributed by atoms with Gasteiger partial charge in [0.2, 0.25) is 5.78 Å². The van der Waals surface area contributed by atoms with Gasteiger partial charge in [-0.05, 0) is 31.2 Å². The fraction of sp³-hybridized carbons (Fsp3) is 0.0455. The number of nitro benzene ring substituents is 1. The molecule has 0 saturated carbocycles. The van der Waals surface area contributed by atoms with Crippen LogP contribution >= 0.6 is 0 Å². The summed E-state index contributed by atoms with van der Waals surface area (Å²) in [5.41, 5.74) is 5.06. The van der Waals surface area contributed by atoms with Crippen molar-refractivity contribution < 1.29 is 9.72 Å². The van der Waals surface area contributed by atoms with Crippen molar-refractivity contribution in [2.24, 2.45) is 10.1 Å². The van der Waals surface area contributed by atoms with E-state index in [4.69, 9.17) is 0 Å². The number of hydrogen-bond donors (Lipinski definition) is 1. The van der Waals surface area contributed by atoms with E-state index in [-0.39, 0.29) is 17.2 Å². The van der Waals surface area contributed by atoms with Crippen LogP contribution in [0.2, 0.25) is 0 Å². The Balaban J connectivity index is 1.93. The maximum atomic E-state index is 13.0. The second-order valence-electron chi connectivity index (χ2n) is 6.10. The van der Waals surface area contributed by atoms with Crippen molar-refractivity contribution in [2.45, 2.75) is 6.92 Å². The number of nitrogens with one attached hydrogen (secondary N) is 1. The Kier molecular flexibility index (Phi) is 6.22. The van der Waals surface area contributed by atoms with E-state index in [1.807, 2.05) is 36.4 Å². The molecular formula is C22H18N4O3. The molecule has 0 radical (unpaired) electrons. The van der Waals surface area contributed by atoms with E-state index in [0.717, 1.165) is 0 Å². The molecule has 0 unspecified atom stereocenters. The first-order valence-corrected chi connectivity index (χ1v) is 8.83. The van der Waals surface area contributed by atoms with Gasteiger partial charge in [0, 0.05) is 17.7 Å². The molecule has 0 saturated heterocycles. The zero-order valence-corrected chi connectivity index (χ0v) is 15.6. The number of anilines is 1.